The van der Waals surface area contributed by atoms with Crippen molar-refractivity contribution in [2.75, 3.05) is 13.2 Å². The van der Waals surface area contributed by atoms with Gasteiger partial charge in [0.1, 0.15) is 5.75 Å². The Kier molecular flexibility index (Phi) is 6.03. The average Bonchev–Trinajstić information content (AvgIpc) is 2.34. The summed E-state index contributed by atoms with van der Waals surface area (Å²) < 4.78 is 5.41. The van der Waals surface area contributed by atoms with Gasteiger partial charge in [0, 0.05) is 12.7 Å². The van der Waals surface area contributed by atoms with Crippen LogP contribution in [-0.4, -0.2) is 23.2 Å². The number of nitro benzene ring substituents is 1. The van der Waals surface area contributed by atoms with Crippen LogP contribution in [-0.2, 0) is 0 Å². The summed E-state index contributed by atoms with van der Waals surface area (Å²) in [5, 5.41) is 19.1. The van der Waals surface area contributed by atoms with E-state index in [4.69, 9.17) is 9.84 Å². The zero-order valence-corrected chi connectivity index (χ0v) is 9.67. The maximum absolute atomic E-state index is 10.5. The quantitative estimate of drug-likeness (QED) is 0.430. The van der Waals surface area contributed by atoms with Crippen molar-refractivity contribution in [3.05, 3.63) is 34.4 Å². The largest absolute Gasteiger partial charge is 0.493 e. The molecule has 5 nitrogen and oxygen atoms in total. The molecule has 1 aromatic carbocycles. The van der Waals surface area contributed by atoms with Crippen molar-refractivity contribution < 1.29 is 14.8 Å². The van der Waals surface area contributed by atoms with Gasteiger partial charge in [-0.05, 0) is 25.3 Å². The Bertz CT molecular complexity index is 354. The average molecular weight is 239 g/mol. The number of aliphatic hydroxyl groups excluding tert-OH is 1. The maximum atomic E-state index is 10.5. The molecule has 94 valence electrons. The van der Waals surface area contributed by atoms with Crippen LogP contribution in [0.15, 0.2) is 24.3 Å². The first-order valence-corrected chi connectivity index (χ1v) is 5.72. The van der Waals surface area contributed by atoms with Crippen LogP contribution in [0.2, 0.25) is 0 Å². The monoisotopic (exact) mass is 239 g/mol. The molecule has 0 amide bonds. The Morgan fingerprint density at radius 1 is 1.24 bits per heavy atom. The minimum absolute atomic E-state index is 0.0442. The van der Waals surface area contributed by atoms with Crippen LogP contribution >= 0.6 is 0 Å². The number of benzene rings is 1. The van der Waals surface area contributed by atoms with E-state index < -0.39 is 4.92 Å². The van der Waals surface area contributed by atoms with Crippen LogP contribution in [0.3, 0.4) is 0 Å². The number of ether oxygens (including phenoxy) is 1. The molecule has 1 N–H and O–H groups in total. The lowest BCUT2D eigenvalue weighted by molar-refractivity contribution is -0.384. The van der Waals surface area contributed by atoms with Crippen LogP contribution < -0.4 is 4.74 Å². The molecule has 0 aliphatic rings. The van der Waals surface area contributed by atoms with Crippen LogP contribution in [0.5, 0.6) is 5.75 Å². The van der Waals surface area contributed by atoms with E-state index in [0.717, 1.165) is 25.7 Å². The standard InChI is InChI=1S/C12H17NO4/c14-8-3-1-2-4-9-17-12-7-5-6-11(10-12)13(15)16/h5-7,10,14H,1-4,8-9H2. The minimum atomic E-state index is -0.436. The fraction of sp³-hybridized carbons (Fsp3) is 0.500. The third-order valence-electron chi connectivity index (χ3n) is 2.35. The number of hydrogen-bond donors (Lipinski definition) is 1. The SMILES string of the molecule is O=[N+]([O-])c1cccc(OCCCCCCO)c1. The van der Waals surface area contributed by atoms with Crippen molar-refractivity contribution >= 4 is 5.69 Å². The van der Waals surface area contributed by atoms with E-state index in [9.17, 15) is 10.1 Å². The van der Waals surface area contributed by atoms with Gasteiger partial charge in [0.25, 0.3) is 5.69 Å². The molecular formula is C12H17NO4. The number of aliphatic hydroxyl groups is 1. The second-order valence-corrected chi connectivity index (χ2v) is 3.74. The third-order valence-corrected chi connectivity index (χ3v) is 2.35. The third kappa shape index (κ3) is 5.31. The van der Waals surface area contributed by atoms with Crippen molar-refractivity contribution in [3.8, 4) is 5.75 Å². The van der Waals surface area contributed by atoms with E-state index >= 15 is 0 Å². The number of nitrogens with zero attached hydrogens (tertiary/aromatic N) is 1. The van der Waals surface area contributed by atoms with Gasteiger partial charge in [0.15, 0.2) is 0 Å². The molecule has 0 aliphatic carbocycles. The summed E-state index contributed by atoms with van der Waals surface area (Å²) in [5.74, 6) is 0.529. The Morgan fingerprint density at radius 3 is 2.71 bits per heavy atom. The number of rotatable bonds is 8. The number of hydrogen-bond acceptors (Lipinski definition) is 4. The lowest BCUT2D eigenvalue weighted by Gasteiger charge is -2.05. The normalized spacial score (nSPS) is 10.2. The summed E-state index contributed by atoms with van der Waals surface area (Å²) in [6.07, 6.45) is 3.68. The molecular weight excluding hydrogens is 222 g/mol. The second-order valence-electron chi connectivity index (χ2n) is 3.74. The van der Waals surface area contributed by atoms with Gasteiger partial charge in [-0.1, -0.05) is 12.5 Å². The topological polar surface area (TPSA) is 72.6 Å². The predicted molar refractivity (Wildman–Crippen MR) is 64.1 cm³/mol. The first-order valence-electron chi connectivity index (χ1n) is 5.72. The molecule has 0 heterocycles. The maximum Gasteiger partial charge on any atom is 0.273 e. The fourth-order valence-corrected chi connectivity index (χ4v) is 1.44. The highest BCUT2D eigenvalue weighted by atomic mass is 16.6. The molecule has 17 heavy (non-hydrogen) atoms. The first kappa shape index (κ1) is 13.4. The van der Waals surface area contributed by atoms with Crippen molar-refractivity contribution in [2.24, 2.45) is 0 Å². The molecule has 5 heteroatoms. The lowest BCUT2D eigenvalue weighted by atomic mass is 10.2. The zero-order valence-electron chi connectivity index (χ0n) is 9.67. The summed E-state index contributed by atoms with van der Waals surface area (Å²) in [7, 11) is 0. The molecule has 0 radical (unpaired) electrons. The zero-order chi connectivity index (χ0) is 12.5. The highest BCUT2D eigenvalue weighted by molar-refractivity contribution is 5.37. The van der Waals surface area contributed by atoms with Crippen molar-refractivity contribution in [1.29, 1.82) is 0 Å². The number of unbranched alkanes of at least 4 members (excludes halogenated alkanes) is 3. The van der Waals surface area contributed by atoms with E-state index in [1.807, 2.05) is 0 Å². The molecule has 0 fully saturated rings. The van der Waals surface area contributed by atoms with E-state index in [-0.39, 0.29) is 12.3 Å². The molecule has 0 aliphatic heterocycles. The van der Waals surface area contributed by atoms with Gasteiger partial charge in [-0.2, -0.15) is 0 Å². The van der Waals surface area contributed by atoms with E-state index in [2.05, 4.69) is 0 Å². The van der Waals surface area contributed by atoms with Crippen molar-refractivity contribution in [2.45, 2.75) is 25.7 Å². The fourth-order valence-electron chi connectivity index (χ4n) is 1.44. The van der Waals surface area contributed by atoms with Gasteiger partial charge in [-0.3, -0.25) is 10.1 Å². The summed E-state index contributed by atoms with van der Waals surface area (Å²) in [5.41, 5.74) is 0.0442. The molecule has 0 saturated carbocycles. The minimum Gasteiger partial charge on any atom is -0.493 e. The molecule has 0 bridgehead atoms. The van der Waals surface area contributed by atoms with Gasteiger partial charge >= 0.3 is 0 Å². The smallest absolute Gasteiger partial charge is 0.273 e. The Hall–Kier alpha value is -1.62. The van der Waals surface area contributed by atoms with Gasteiger partial charge in [0.2, 0.25) is 0 Å². The summed E-state index contributed by atoms with van der Waals surface area (Å²) in [6.45, 7) is 0.776. The van der Waals surface area contributed by atoms with Crippen LogP contribution in [0.1, 0.15) is 25.7 Å². The second kappa shape index (κ2) is 7.62. The lowest BCUT2D eigenvalue weighted by Crippen LogP contribution is -1.98. The highest BCUT2D eigenvalue weighted by Crippen LogP contribution is 2.19. The molecule has 0 aromatic heterocycles. The molecule has 0 atom stereocenters. The first-order chi connectivity index (χ1) is 8.24. The number of non-ortho nitro benzene ring substituents is 1. The molecule has 1 rings (SSSR count). The van der Waals surface area contributed by atoms with Crippen molar-refractivity contribution in [1.82, 2.24) is 0 Å². The summed E-state index contributed by atoms with van der Waals surface area (Å²) in [4.78, 5) is 10.1. The van der Waals surface area contributed by atoms with Crippen LogP contribution in [0, 0.1) is 10.1 Å². The Balaban J connectivity index is 2.27. The van der Waals surface area contributed by atoms with E-state index in [1.165, 1.54) is 12.1 Å². The van der Waals surface area contributed by atoms with Crippen LogP contribution in [0.25, 0.3) is 0 Å². The predicted octanol–water partition coefficient (Wildman–Crippen LogP) is 2.53. The molecule has 1 aromatic rings. The summed E-state index contributed by atoms with van der Waals surface area (Å²) in [6, 6.07) is 6.18. The Morgan fingerprint density at radius 2 is 2.00 bits per heavy atom. The Labute approximate surface area is 100 Å². The van der Waals surface area contributed by atoms with E-state index in [0.29, 0.717) is 12.4 Å². The van der Waals surface area contributed by atoms with Crippen LogP contribution in [0.4, 0.5) is 5.69 Å². The van der Waals surface area contributed by atoms with Gasteiger partial charge < -0.3 is 9.84 Å². The van der Waals surface area contributed by atoms with Gasteiger partial charge in [-0.15, -0.1) is 0 Å². The molecule has 0 spiro atoms. The van der Waals surface area contributed by atoms with Gasteiger partial charge in [0.05, 0.1) is 17.6 Å². The van der Waals surface area contributed by atoms with Gasteiger partial charge in [-0.25, -0.2) is 0 Å². The number of nitro groups is 1. The van der Waals surface area contributed by atoms with E-state index in [1.54, 1.807) is 12.1 Å². The van der Waals surface area contributed by atoms with Crippen molar-refractivity contribution in [3.63, 3.8) is 0 Å². The summed E-state index contributed by atoms with van der Waals surface area (Å²) >= 11 is 0. The molecule has 0 unspecified atom stereocenters. The highest BCUT2D eigenvalue weighted by Gasteiger charge is 2.05. The molecule has 0 saturated heterocycles.